The van der Waals surface area contributed by atoms with E-state index >= 15 is 0 Å². The monoisotopic (exact) mass is 542 g/mol. The number of carbonyl (C=O) groups is 2. The molecule has 0 aliphatic carbocycles. The van der Waals surface area contributed by atoms with Crippen LogP contribution >= 0.6 is 24.4 Å². The molecule has 3 N–H and O–H groups in total. The minimum Gasteiger partial charge on any atom is -0.501 e. The van der Waals surface area contributed by atoms with E-state index in [9.17, 15) is 14.7 Å². The molecule has 2 unspecified atom stereocenters. The van der Waals surface area contributed by atoms with E-state index in [-0.39, 0.29) is 17.3 Å². The summed E-state index contributed by atoms with van der Waals surface area (Å²) in [4.78, 5) is 41.2. The van der Waals surface area contributed by atoms with E-state index in [1.54, 1.807) is 50.4 Å². The molecular weight excluding hydrogens is 520 g/mol. The second kappa shape index (κ2) is 9.56. The second-order valence-corrected chi connectivity index (χ2v) is 9.47. The number of rotatable bonds is 8. The van der Waals surface area contributed by atoms with Crippen molar-refractivity contribution < 1.29 is 33.6 Å². The lowest BCUT2D eigenvalue weighted by Gasteiger charge is -2.31. The minimum absolute atomic E-state index is 0.000891. The Balaban J connectivity index is 1.60. The molecule has 2 aromatic carbocycles. The van der Waals surface area contributed by atoms with Crippen molar-refractivity contribution in [2.24, 2.45) is 0 Å². The highest BCUT2D eigenvalue weighted by Gasteiger charge is 2.61. The van der Waals surface area contributed by atoms with Gasteiger partial charge in [-0.05, 0) is 43.0 Å². The Morgan fingerprint density at radius 2 is 1.73 bits per heavy atom. The number of imidazole rings is 2. The van der Waals surface area contributed by atoms with Crippen molar-refractivity contribution in [3.8, 4) is 11.5 Å². The Bertz CT molecular complexity index is 1560. The zero-order chi connectivity index (χ0) is 26.3. The number of hydrogen-bond acceptors (Lipinski definition) is 11. The molecule has 11 nitrogen and oxygen atoms in total. The molecule has 37 heavy (non-hydrogen) atoms. The van der Waals surface area contributed by atoms with Crippen LogP contribution < -0.4 is 9.47 Å². The SMILES string of the molecule is CCOC(=O)C1(C(S)c2nc3cc(OC)ccc3[nH]2)OC(=O)C(O)=C1Sc1nc2cc(OC)ccc2[nH]1. The summed E-state index contributed by atoms with van der Waals surface area (Å²) in [7, 11) is 3.08. The molecule has 13 heteroatoms. The zero-order valence-electron chi connectivity index (χ0n) is 19.9. The van der Waals surface area contributed by atoms with Gasteiger partial charge in [0, 0.05) is 12.1 Å². The standard InChI is InChI=1S/C24H22N4O7S2/c1-4-34-22(31)24(18(36)20-25-13-7-5-11(32-2)9-15(13)26-20)19(17(29)21(30)35-24)37-23-27-14-8-6-12(33-3)10-16(14)28-23/h5-10,18,29,36H,4H2,1-3H3,(H,25,26)(H,27,28). The first-order valence-electron chi connectivity index (χ1n) is 11.1. The van der Waals surface area contributed by atoms with Gasteiger partial charge in [-0.2, -0.15) is 12.6 Å². The van der Waals surface area contributed by atoms with Gasteiger partial charge in [0.15, 0.2) is 5.16 Å². The van der Waals surface area contributed by atoms with Gasteiger partial charge in [-0.3, -0.25) is 0 Å². The lowest BCUT2D eigenvalue weighted by molar-refractivity contribution is -0.172. The fourth-order valence-corrected chi connectivity index (χ4v) is 5.56. The Kier molecular flexibility index (Phi) is 6.42. The van der Waals surface area contributed by atoms with Gasteiger partial charge in [0.25, 0.3) is 5.60 Å². The number of methoxy groups -OCH3 is 2. The first kappa shape index (κ1) is 24.8. The van der Waals surface area contributed by atoms with Crippen LogP contribution in [-0.2, 0) is 19.1 Å². The number of H-pyrrole nitrogens is 2. The number of cyclic esters (lactones) is 1. The number of aromatic amines is 2. The summed E-state index contributed by atoms with van der Waals surface area (Å²) in [6.45, 7) is 1.62. The average molecular weight is 543 g/mol. The van der Waals surface area contributed by atoms with Crippen molar-refractivity contribution in [2.75, 3.05) is 20.8 Å². The number of hydrogen-bond donors (Lipinski definition) is 4. The number of aliphatic hydroxyl groups is 1. The lowest BCUT2D eigenvalue weighted by Crippen LogP contribution is -2.46. The summed E-state index contributed by atoms with van der Waals surface area (Å²) in [5, 5.41) is 9.89. The molecule has 0 fully saturated rings. The number of nitrogens with zero attached hydrogens (tertiary/aromatic N) is 2. The molecule has 2 atom stereocenters. The third-order valence-corrected chi connectivity index (χ3v) is 7.49. The number of thioether (sulfide) groups is 1. The minimum atomic E-state index is -2.14. The summed E-state index contributed by atoms with van der Waals surface area (Å²) in [5.74, 6) is -1.34. The van der Waals surface area contributed by atoms with Crippen molar-refractivity contribution in [1.29, 1.82) is 0 Å². The highest BCUT2D eigenvalue weighted by atomic mass is 32.2. The fraction of sp³-hybridized carbons (Fsp3) is 0.250. The molecule has 0 saturated carbocycles. The van der Waals surface area contributed by atoms with E-state index < -0.39 is 28.5 Å². The van der Waals surface area contributed by atoms with Gasteiger partial charge in [0.05, 0.1) is 47.8 Å². The van der Waals surface area contributed by atoms with Gasteiger partial charge >= 0.3 is 11.9 Å². The predicted octanol–water partition coefficient (Wildman–Crippen LogP) is 3.85. The van der Waals surface area contributed by atoms with Gasteiger partial charge in [-0.15, -0.1) is 0 Å². The van der Waals surface area contributed by atoms with Crippen molar-refractivity contribution in [1.82, 2.24) is 19.9 Å². The lowest BCUT2D eigenvalue weighted by atomic mass is 9.98. The van der Waals surface area contributed by atoms with Crippen LogP contribution in [0.1, 0.15) is 18.0 Å². The Labute approximate surface area is 220 Å². The van der Waals surface area contributed by atoms with Crippen molar-refractivity contribution in [3.05, 3.63) is 52.9 Å². The molecule has 4 aromatic rings. The number of benzene rings is 2. The van der Waals surface area contributed by atoms with Gasteiger partial charge in [-0.1, -0.05) is 0 Å². The topological polar surface area (TPSA) is 149 Å². The Hall–Kier alpha value is -3.84. The molecule has 0 amide bonds. The average Bonchev–Trinajstić information content (AvgIpc) is 3.58. The van der Waals surface area contributed by atoms with E-state index in [4.69, 9.17) is 18.9 Å². The molecular formula is C24H22N4O7S2. The van der Waals surface area contributed by atoms with Crippen LogP contribution in [0.3, 0.4) is 0 Å². The van der Waals surface area contributed by atoms with Gasteiger partial charge in [0.2, 0.25) is 5.76 Å². The van der Waals surface area contributed by atoms with E-state index in [0.29, 0.717) is 38.7 Å². The Morgan fingerprint density at radius 3 is 2.35 bits per heavy atom. The summed E-state index contributed by atoms with van der Waals surface area (Å²) in [6.07, 6.45) is 0. The van der Waals surface area contributed by atoms with Crippen molar-refractivity contribution in [3.63, 3.8) is 0 Å². The third-order valence-electron chi connectivity index (χ3n) is 5.80. The smallest absolute Gasteiger partial charge is 0.375 e. The molecule has 1 aliphatic rings. The second-order valence-electron chi connectivity index (χ2n) is 7.96. The maximum Gasteiger partial charge on any atom is 0.375 e. The maximum atomic E-state index is 13.4. The summed E-state index contributed by atoms with van der Waals surface area (Å²) in [6, 6.07) is 10.5. The number of carbonyl (C=O) groups excluding carboxylic acids is 2. The highest BCUT2D eigenvalue weighted by molar-refractivity contribution is 8.03. The number of esters is 2. The van der Waals surface area contributed by atoms with Crippen LogP contribution in [0.2, 0.25) is 0 Å². The number of ether oxygens (including phenoxy) is 4. The normalized spacial score (nSPS) is 18.3. The van der Waals surface area contributed by atoms with E-state index in [1.165, 1.54) is 7.11 Å². The molecule has 5 rings (SSSR count). The number of fused-ring (bicyclic) bond motifs is 2. The molecule has 0 spiro atoms. The van der Waals surface area contributed by atoms with Crippen LogP contribution in [0.15, 0.2) is 52.2 Å². The number of thiol groups is 1. The quantitative estimate of drug-likeness (QED) is 0.191. The van der Waals surface area contributed by atoms with Crippen molar-refractivity contribution in [2.45, 2.75) is 22.9 Å². The van der Waals surface area contributed by atoms with Crippen LogP contribution in [0.4, 0.5) is 0 Å². The summed E-state index contributed by atoms with van der Waals surface area (Å²) < 4.78 is 21.3. The van der Waals surface area contributed by atoms with Crippen LogP contribution in [0.5, 0.6) is 11.5 Å². The molecule has 3 heterocycles. The first-order valence-corrected chi connectivity index (χ1v) is 12.4. The maximum absolute atomic E-state index is 13.4. The first-order chi connectivity index (χ1) is 17.8. The molecule has 1 aliphatic heterocycles. The number of aliphatic hydroxyl groups excluding tert-OH is 1. The highest BCUT2D eigenvalue weighted by Crippen LogP contribution is 2.51. The summed E-state index contributed by atoms with van der Waals surface area (Å²) >= 11 is 5.53. The predicted molar refractivity (Wildman–Crippen MR) is 138 cm³/mol. The molecule has 0 radical (unpaired) electrons. The van der Waals surface area contributed by atoms with E-state index in [2.05, 4.69) is 32.6 Å². The van der Waals surface area contributed by atoms with E-state index in [1.807, 2.05) is 0 Å². The van der Waals surface area contributed by atoms with Gasteiger partial charge in [-0.25, -0.2) is 19.6 Å². The van der Waals surface area contributed by atoms with Crippen LogP contribution in [-0.4, -0.2) is 63.4 Å². The van der Waals surface area contributed by atoms with Gasteiger partial charge in [0.1, 0.15) is 22.6 Å². The fourth-order valence-electron chi connectivity index (χ4n) is 3.99. The molecule has 192 valence electrons. The third kappa shape index (κ3) is 4.13. The number of nitrogens with one attached hydrogen (secondary N) is 2. The zero-order valence-corrected chi connectivity index (χ0v) is 21.6. The van der Waals surface area contributed by atoms with Gasteiger partial charge < -0.3 is 34.0 Å². The van der Waals surface area contributed by atoms with Crippen LogP contribution in [0, 0.1) is 0 Å². The van der Waals surface area contributed by atoms with E-state index in [0.717, 1.165) is 11.8 Å². The molecule has 0 saturated heterocycles. The Morgan fingerprint density at radius 1 is 1.11 bits per heavy atom. The molecule has 0 bridgehead atoms. The number of aromatic nitrogens is 4. The summed E-state index contributed by atoms with van der Waals surface area (Å²) in [5.41, 5.74) is 0.323. The van der Waals surface area contributed by atoms with Crippen LogP contribution in [0.25, 0.3) is 22.1 Å². The molecule has 2 aromatic heterocycles. The largest absolute Gasteiger partial charge is 0.501 e. The van der Waals surface area contributed by atoms with Crippen molar-refractivity contribution >= 4 is 58.4 Å².